The molecule has 1 amide bonds. The Bertz CT molecular complexity index is 473. The third kappa shape index (κ3) is 5.23. The minimum atomic E-state index is 0.0123. The molecule has 1 fully saturated rings. The molecule has 0 saturated carbocycles. The van der Waals surface area contributed by atoms with Gasteiger partial charge in [0.2, 0.25) is 0 Å². The summed E-state index contributed by atoms with van der Waals surface area (Å²) in [6.07, 6.45) is 3.46. The summed E-state index contributed by atoms with van der Waals surface area (Å²) in [5.74, 6) is 3.88. The SMILES string of the molecule is CCCNc1cc(C(=O)NCC2CCSCC2)cc(C)n1. The number of anilines is 1. The molecule has 0 aromatic carbocycles. The third-order valence-electron chi connectivity index (χ3n) is 3.66. The molecule has 0 spiro atoms. The predicted molar refractivity (Wildman–Crippen MR) is 90.1 cm³/mol. The molecule has 1 aliphatic rings. The van der Waals surface area contributed by atoms with Gasteiger partial charge in [0.1, 0.15) is 5.82 Å². The number of carbonyl (C=O) groups excluding carboxylic acids is 1. The highest BCUT2D eigenvalue weighted by molar-refractivity contribution is 7.99. The standard InChI is InChI=1S/C16H25N3OS/c1-3-6-17-15-10-14(9-12(2)19-15)16(20)18-11-13-4-7-21-8-5-13/h9-10,13H,3-8,11H2,1-2H3,(H,17,19)(H,18,20). The second-order valence-corrected chi connectivity index (χ2v) is 6.80. The minimum absolute atomic E-state index is 0.0123. The maximum absolute atomic E-state index is 12.3. The highest BCUT2D eigenvalue weighted by Crippen LogP contribution is 2.22. The highest BCUT2D eigenvalue weighted by Gasteiger charge is 2.15. The van der Waals surface area contributed by atoms with Crippen LogP contribution in [0.5, 0.6) is 0 Å². The van der Waals surface area contributed by atoms with Gasteiger partial charge in [-0.15, -0.1) is 0 Å². The van der Waals surface area contributed by atoms with Gasteiger partial charge in [-0.05, 0) is 55.7 Å². The molecule has 1 aromatic heterocycles. The van der Waals surface area contributed by atoms with E-state index in [1.165, 1.54) is 24.3 Å². The molecule has 2 heterocycles. The molecular formula is C16H25N3OS. The summed E-state index contributed by atoms with van der Waals surface area (Å²) in [5, 5.41) is 6.32. The van der Waals surface area contributed by atoms with Crippen LogP contribution < -0.4 is 10.6 Å². The quantitative estimate of drug-likeness (QED) is 0.848. The van der Waals surface area contributed by atoms with Crippen molar-refractivity contribution in [1.29, 1.82) is 0 Å². The van der Waals surface area contributed by atoms with Crippen LogP contribution in [0.15, 0.2) is 12.1 Å². The normalized spacial score (nSPS) is 15.7. The number of nitrogens with zero attached hydrogens (tertiary/aromatic N) is 1. The first-order valence-electron chi connectivity index (χ1n) is 7.77. The van der Waals surface area contributed by atoms with Crippen molar-refractivity contribution in [3.05, 3.63) is 23.4 Å². The van der Waals surface area contributed by atoms with Gasteiger partial charge in [0.25, 0.3) is 5.91 Å². The number of aryl methyl sites for hydroxylation is 1. The lowest BCUT2D eigenvalue weighted by Gasteiger charge is -2.21. The summed E-state index contributed by atoms with van der Waals surface area (Å²) in [7, 11) is 0. The van der Waals surface area contributed by atoms with Gasteiger partial charge < -0.3 is 10.6 Å². The van der Waals surface area contributed by atoms with E-state index in [9.17, 15) is 4.79 Å². The Labute approximate surface area is 131 Å². The van der Waals surface area contributed by atoms with Gasteiger partial charge in [-0.25, -0.2) is 4.98 Å². The number of nitrogens with one attached hydrogen (secondary N) is 2. The maximum Gasteiger partial charge on any atom is 0.251 e. The zero-order valence-corrected chi connectivity index (χ0v) is 13.8. The summed E-state index contributed by atoms with van der Waals surface area (Å²) in [6, 6.07) is 3.69. The van der Waals surface area contributed by atoms with E-state index < -0.39 is 0 Å². The van der Waals surface area contributed by atoms with Crippen LogP contribution in [0, 0.1) is 12.8 Å². The van der Waals surface area contributed by atoms with Crippen LogP contribution >= 0.6 is 11.8 Å². The highest BCUT2D eigenvalue weighted by atomic mass is 32.2. The molecule has 21 heavy (non-hydrogen) atoms. The molecule has 1 aliphatic heterocycles. The molecule has 2 N–H and O–H groups in total. The van der Waals surface area contributed by atoms with Crippen molar-refractivity contribution in [2.24, 2.45) is 5.92 Å². The van der Waals surface area contributed by atoms with E-state index in [0.717, 1.165) is 31.0 Å². The first kappa shape index (κ1) is 16.1. The number of aromatic nitrogens is 1. The lowest BCUT2D eigenvalue weighted by molar-refractivity contribution is 0.0946. The van der Waals surface area contributed by atoms with Crippen LogP contribution in [0.3, 0.4) is 0 Å². The zero-order chi connectivity index (χ0) is 15.1. The number of pyridine rings is 1. The fourth-order valence-corrected chi connectivity index (χ4v) is 3.64. The van der Waals surface area contributed by atoms with Gasteiger partial charge in [0, 0.05) is 24.3 Å². The fraction of sp³-hybridized carbons (Fsp3) is 0.625. The van der Waals surface area contributed by atoms with Crippen molar-refractivity contribution >= 4 is 23.5 Å². The summed E-state index contributed by atoms with van der Waals surface area (Å²) in [4.78, 5) is 16.7. The van der Waals surface area contributed by atoms with Crippen molar-refractivity contribution in [1.82, 2.24) is 10.3 Å². The van der Waals surface area contributed by atoms with Crippen molar-refractivity contribution < 1.29 is 4.79 Å². The number of carbonyl (C=O) groups is 1. The Kier molecular flexibility index (Phi) is 6.36. The lowest BCUT2D eigenvalue weighted by atomic mass is 10.0. The molecule has 1 aromatic rings. The first-order chi connectivity index (χ1) is 10.2. The number of amides is 1. The molecule has 5 heteroatoms. The van der Waals surface area contributed by atoms with Gasteiger partial charge in [-0.3, -0.25) is 4.79 Å². The van der Waals surface area contributed by atoms with E-state index >= 15 is 0 Å². The second kappa shape index (κ2) is 8.27. The fourth-order valence-electron chi connectivity index (χ4n) is 2.43. The topological polar surface area (TPSA) is 54.0 Å². The Hall–Kier alpha value is -1.23. The second-order valence-electron chi connectivity index (χ2n) is 5.57. The molecular weight excluding hydrogens is 282 g/mol. The van der Waals surface area contributed by atoms with Crippen molar-refractivity contribution in [2.45, 2.75) is 33.1 Å². The molecule has 0 aliphatic carbocycles. The van der Waals surface area contributed by atoms with Crippen LogP contribution in [-0.2, 0) is 0 Å². The Balaban J connectivity index is 1.92. The Morgan fingerprint density at radius 1 is 1.38 bits per heavy atom. The van der Waals surface area contributed by atoms with Crippen LogP contribution in [-0.4, -0.2) is 35.5 Å². The van der Waals surface area contributed by atoms with Gasteiger partial charge in [0.05, 0.1) is 0 Å². The van der Waals surface area contributed by atoms with Crippen LogP contribution in [0.4, 0.5) is 5.82 Å². The predicted octanol–water partition coefficient (Wildman–Crippen LogP) is 3.08. The average Bonchev–Trinajstić information content (AvgIpc) is 2.51. The molecule has 0 unspecified atom stereocenters. The number of rotatable bonds is 6. The third-order valence-corrected chi connectivity index (χ3v) is 4.71. The van der Waals surface area contributed by atoms with Crippen molar-refractivity contribution in [3.8, 4) is 0 Å². The molecule has 116 valence electrons. The van der Waals surface area contributed by atoms with Gasteiger partial charge in [-0.2, -0.15) is 11.8 Å². The molecule has 0 bridgehead atoms. The summed E-state index contributed by atoms with van der Waals surface area (Å²) in [5.41, 5.74) is 1.57. The van der Waals surface area contributed by atoms with Crippen LogP contribution in [0.25, 0.3) is 0 Å². The maximum atomic E-state index is 12.3. The molecule has 0 atom stereocenters. The van der Waals surface area contributed by atoms with Crippen LogP contribution in [0.2, 0.25) is 0 Å². The molecule has 0 radical (unpaired) electrons. The van der Waals surface area contributed by atoms with Crippen molar-refractivity contribution in [2.75, 3.05) is 29.9 Å². The largest absolute Gasteiger partial charge is 0.370 e. The molecule has 1 saturated heterocycles. The zero-order valence-electron chi connectivity index (χ0n) is 12.9. The van der Waals surface area contributed by atoms with Gasteiger partial charge >= 0.3 is 0 Å². The lowest BCUT2D eigenvalue weighted by Crippen LogP contribution is -2.31. The Morgan fingerprint density at radius 2 is 2.14 bits per heavy atom. The monoisotopic (exact) mass is 307 g/mol. The average molecular weight is 307 g/mol. The number of hydrogen-bond donors (Lipinski definition) is 2. The smallest absolute Gasteiger partial charge is 0.251 e. The number of hydrogen-bond acceptors (Lipinski definition) is 4. The van der Waals surface area contributed by atoms with E-state index in [1.54, 1.807) is 0 Å². The first-order valence-corrected chi connectivity index (χ1v) is 8.93. The van der Waals surface area contributed by atoms with Crippen LogP contribution in [0.1, 0.15) is 42.2 Å². The minimum Gasteiger partial charge on any atom is -0.370 e. The number of thioether (sulfide) groups is 1. The van der Waals surface area contributed by atoms with E-state index in [2.05, 4.69) is 22.5 Å². The molecule has 4 nitrogen and oxygen atoms in total. The van der Waals surface area contributed by atoms with E-state index in [4.69, 9.17) is 0 Å². The summed E-state index contributed by atoms with van der Waals surface area (Å²) in [6.45, 7) is 5.70. The van der Waals surface area contributed by atoms with Gasteiger partial charge in [-0.1, -0.05) is 6.92 Å². The summed E-state index contributed by atoms with van der Waals surface area (Å²) < 4.78 is 0. The van der Waals surface area contributed by atoms with E-state index in [0.29, 0.717) is 11.5 Å². The van der Waals surface area contributed by atoms with E-state index in [1.807, 2.05) is 30.8 Å². The summed E-state index contributed by atoms with van der Waals surface area (Å²) >= 11 is 2.01. The Morgan fingerprint density at radius 3 is 2.86 bits per heavy atom. The van der Waals surface area contributed by atoms with E-state index in [-0.39, 0.29) is 5.91 Å². The molecule has 2 rings (SSSR count). The van der Waals surface area contributed by atoms with Gasteiger partial charge in [0.15, 0.2) is 0 Å². The van der Waals surface area contributed by atoms with Crippen molar-refractivity contribution in [3.63, 3.8) is 0 Å².